The Morgan fingerprint density at radius 2 is 2.10 bits per heavy atom. The number of carbonyl (C=O) groups is 1. The number of ether oxygens (including phenoxy) is 1. The van der Waals surface area contributed by atoms with Crippen molar-refractivity contribution < 1.29 is 9.53 Å². The first-order valence-electron chi connectivity index (χ1n) is 7.45. The molecule has 0 aromatic heterocycles. The van der Waals surface area contributed by atoms with Crippen LogP contribution in [0.3, 0.4) is 0 Å². The topological polar surface area (TPSA) is 74.2 Å². The number of para-hydroxylation sites is 1. The maximum Gasteiger partial charge on any atom is 0.319 e. The minimum atomic E-state index is -0.293. The Morgan fingerprint density at radius 1 is 1.33 bits per heavy atom. The minimum absolute atomic E-state index is 0.293. The number of nitrogens with one attached hydrogen (secondary N) is 2. The number of hydrogen-bond acceptors (Lipinski definition) is 3. The molecule has 0 spiro atoms. The average Bonchev–Trinajstić information content (AvgIpc) is 3.01. The van der Waals surface area contributed by atoms with Crippen LogP contribution in [-0.2, 0) is 4.74 Å². The first-order valence-corrected chi connectivity index (χ1v) is 7.45. The zero-order valence-electron chi connectivity index (χ0n) is 12.1. The highest BCUT2D eigenvalue weighted by molar-refractivity contribution is 5.90. The third-order valence-corrected chi connectivity index (χ3v) is 3.56. The van der Waals surface area contributed by atoms with Crippen LogP contribution in [-0.4, -0.2) is 25.3 Å². The fourth-order valence-electron chi connectivity index (χ4n) is 2.44. The molecule has 0 radical (unpaired) electrons. The fourth-order valence-corrected chi connectivity index (χ4v) is 2.44. The molecule has 1 aromatic rings. The van der Waals surface area contributed by atoms with Gasteiger partial charge in [-0.15, -0.1) is 0 Å². The molecule has 21 heavy (non-hydrogen) atoms. The molecule has 2 N–H and O–H groups in total. The molecule has 0 unspecified atom stereocenters. The zero-order chi connectivity index (χ0) is 14.9. The molecule has 0 aliphatic heterocycles. The maximum absolute atomic E-state index is 11.7. The van der Waals surface area contributed by atoms with Crippen molar-refractivity contribution in [2.24, 2.45) is 0 Å². The normalized spacial score (nSPS) is 14.6. The molecule has 0 heterocycles. The van der Waals surface area contributed by atoms with Crippen molar-refractivity contribution in [1.82, 2.24) is 5.32 Å². The van der Waals surface area contributed by atoms with Crippen LogP contribution in [0.1, 0.15) is 37.7 Å². The lowest BCUT2D eigenvalue weighted by Crippen LogP contribution is -2.30. The van der Waals surface area contributed by atoms with E-state index in [4.69, 9.17) is 10.00 Å². The number of nitrogens with zero attached hydrogens (tertiary/aromatic N) is 1. The lowest BCUT2D eigenvalue weighted by molar-refractivity contribution is 0.0572. The van der Waals surface area contributed by atoms with Crippen LogP contribution >= 0.6 is 0 Å². The molecular weight excluding hydrogens is 266 g/mol. The van der Waals surface area contributed by atoms with Gasteiger partial charge in [-0.2, -0.15) is 5.26 Å². The second kappa shape index (κ2) is 8.28. The van der Waals surface area contributed by atoms with Crippen molar-refractivity contribution in [3.63, 3.8) is 0 Å². The minimum Gasteiger partial charge on any atom is -0.378 e. The average molecular weight is 287 g/mol. The second-order valence-corrected chi connectivity index (χ2v) is 5.17. The molecule has 1 saturated carbocycles. The molecule has 2 amide bonds. The maximum atomic E-state index is 11.7. The van der Waals surface area contributed by atoms with Crippen molar-refractivity contribution in [3.05, 3.63) is 29.8 Å². The fraction of sp³-hybridized carbons (Fsp3) is 0.500. The molecule has 1 aliphatic rings. The number of carbonyl (C=O) groups excluding carboxylic acids is 1. The smallest absolute Gasteiger partial charge is 0.319 e. The van der Waals surface area contributed by atoms with Gasteiger partial charge in [0.05, 0.1) is 17.4 Å². The molecule has 0 bridgehead atoms. The predicted molar refractivity (Wildman–Crippen MR) is 81.0 cm³/mol. The number of hydrogen-bond donors (Lipinski definition) is 2. The van der Waals surface area contributed by atoms with Gasteiger partial charge in [-0.3, -0.25) is 0 Å². The number of rotatable bonds is 6. The summed E-state index contributed by atoms with van der Waals surface area (Å²) in [7, 11) is 0. The highest BCUT2D eigenvalue weighted by Crippen LogP contribution is 2.20. The highest BCUT2D eigenvalue weighted by Gasteiger charge is 2.14. The van der Waals surface area contributed by atoms with Crippen molar-refractivity contribution in [2.75, 3.05) is 18.5 Å². The van der Waals surface area contributed by atoms with E-state index in [2.05, 4.69) is 10.6 Å². The monoisotopic (exact) mass is 287 g/mol. The Kier molecular flexibility index (Phi) is 6.04. The van der Waals surface area contributed by atoms with E-state index in [1.165, 1.54) is 25.7 Å². The largest absolute Gasteiger partial charge is 0.378 e. The van der Waals surface area contributed by atoms with E-state index in [0.717, 1.165) is 6.42 Å². The number of amides is 2. The number of nitriles is 1. The van der Waals surface area contributed by atoms with Crippen LogP contribution in [0.4, 0.5) is 10.5 Å². The van der Waals surface area contributed by atoms with Gasteiger partial charge >= 0.3 is 6.03 Å². The molecule has 0 atom stereocenters. The summed E-state index contributed by atoms with van der Waals surface area (Å²) in [5, 5.41) is 14.4. The predicted octanol–water partition coefficient (Wildman–Crippen LogP) is 3.03. The van der Waals surface area contributed by atoms with Crippen molar-refractivity contribution >= 4 is 11.7 Å². The van der Waals surface area contributed by atoms with Crippen LogP contribution in [0.15, 0.2) is 24.3 Å². The molecule has 1 aliphatic carbocycles. The van der Waals surface area contributed by atoms with Gasteiger partial charge in [0.25, 0.3) is 0 Å². The lowest BCUT2D eigenvalue weighted by Gasteiger charge is -2.11. The van der Waals surface area contributed by atoms with E-state index in [0.29, 0.717) is 30.5 Å². The molecule has 1 fully saturated rings. The third kappa shape index (κ3) is 5.09. The van der Waals surface area contributed by atoms with Crippen molar-refractivity contribution in [2.45, 2.75) is 38.2 Å². The van der Waals surface area contributed by atoms with E-state index in [9.17, 15) is 4.79 Å². The summed E-state index contributed by atoms with van der Waals surface area (Å²) in [5.41, 5.74) is 0.983. The van der Waals surface area contributed by atoms with Gasteiger partial charge in [0.1, 0.15) is 6.07 Å². The molecule has 112 valence electrons. The van der Waals surface area contributed by atoms with Crippen LogP contribution in [0.2, 0.25) is 0 Å². The van der Waals surface area contributed by atoms with Crippen LogP contribution in [0.25, 0.3) is 0 Å². The van der Waals surface area contributed by atoms with E-state index < -0.39 is 0 Å². The number of benzene rings is 1. The highest BCUT2D eigenvalue weighted by atomic mass is 16.5. The second-order valence-electron chi connectivity index (χ2n) is 5.17. The van der Waals surface area contributed by atoms with Gasteiger partial charge in [0.15, 0.2) is 0 Å². The summed E-state index contributed by atoms with van der Waals surface area (Å²) in [6.07, 6.45) is 6.08. The Labute approximate surface area is 125 Å². The van der Waals surface area contributed by atoms with Crippen LogP contribution in [0, 0.1) is 11.3 Å². The van der Waals surface area contributed by atoms with Gasteiger partial charge in [0, 0.05) is 13.2 Å². The van der Waals surface area contributed by atoms with E-state index >= 15 is 0 Å². The summed E-state index contributed by atoms with van der Waals surface area (Å²) in [6.45, 7) is 1.24. The summed E-state index contributed by atoms with van der Waals surface area (Å²) in [6, 6.07) is 8.68. The van der Waals surface area contributed by atoms with E-state index in [1.807, 2.05) is 6.07 Å². The van der Waals surface area contributed by atoms with Crippen molar-refractivity contribution in [3.8, 4) is 6.07 Å². The Hall–Kier alpha value is -2.06. The van der Waals surface area contributed by atoms with Gasteiger partial charge in [-0.25, -0.2) is 4.79 Å². The van der Waals surface area contributed by atoms with Crippen LogP contribution < -0.4 is 10.6 Å². The van der Waals surface area contributed by atoms with Gasteiger partial charge < -0.3 is 15.4 Å². The third-order valence-electron chi connectivity index (χ3n) is 3.56. The molecule has 5 nitrogen and oxygen atoms in total. The Bertz CT molecular complexity index is 504. The first-order chi connectivity index (χ1) is 10.3. The number of urea groups is 1. The van der Waals surface area contributed by atoms with E-state index in [1.54, 1.807) is 24.3 Å². The molecule has 2 rings (SSSR count). The summed E-state index contributed by atoms with van der Waals surface area (Å²) in [5.74, 6) is 0. The molecule has 1 aromatic carbocycles. The lowest BCUT2D eigenvalue weighted by atomic mass is 10.2. The Morgan fingerprint density at radius 3 is 2.86 bits per heavy atom. The van der Waals surface area contributed by atoms with E-state index in [-0.39, 0.29) is 6.03 Å². The summed E-state index contributed by atoms with van der Waals surface area (Å²) >= 11 is 0. The first kappa shape index (κ1) is 15.3. The quantitative estimate of drug-likeness (QED) is 0.790. The standard InChI is InChI=1S/C16H21N3O2/c17-12-13-6-1-4-9-15(13)19-16(20)18-10-5-11-21-14-7-2-3-8-14/h1,4,6,9,14H,2-3,5,7-8,10-11H2,(H2,18,19,20). The van der Waals surface area contributed by atoms with Gasteiger partial charge in [-0.1, -0.05) is 25.0 Å². The summed E-state index contributed by atoms with van der Waals surface area (Å²) < 4.78 is 5.72. The van der Waals surface area contributed by atoms with Crippen LogP contribution in [0.5, 0.6) is 0 Å². The summed E-state index contributed by atoms with van der Waals surface area (Å²) in [4.78, 5) is 11.7. The SMILES string of the molecule is N#Cc1ccccc1NC(=O)NCCCOC1CCCC1. The molecule has 0 saturated heterocycles. The number of anilines is 1. The molecule has 5 heteroatoms. The zero-order valence-corrected chi connectivity index (χ0v) is 12.1. The molecular formula is C16H21N3O2. The van der Waals surface area contributed by atoms with Crippen molar-refractivity contribution in [1.29, 1.82) is 5.26 Å². The van der Waals surface area contributed by atoms with Gasteiger partial charge in [-0.05, 0) is 31.4 Å². The van der Waals surface area contributed by atoms with Gasteiger partial charge in [0.2, 0.25) is 0 Å². The Balaban J connectivity index is 1.62.